The standard InChI is InChI=1S/C38H43FN6O4/c39-32-33(27-11-4-9-25-8-3-10-26(31(25)27)22-48-30-12-1-2-19-47-30)40-21-28-34(32)41-36(49-24-38-14-6-17-45(38)18-7-15-38)42-35(28)44-16-5-13-37(23-44)20-29(46)43-37/h3-4,8-11,21,30H,1-2,5-7,12-20,22-24H2,(H,43,46). The van der Waals surface area contributed by atoms with Crippen molar-refractivity contribution < 1.29 is 23.4 Å². The van der Waals surface area contributed by atoms with E-state index in [0.717, 1.165) is 93.8 Å². The van der Waals surface area contributed by atoms with Gasteiger partial charge in [-0.1, -0.05) is 36.4 Å². The summed E-state index contributed by atoms with van der Waals surface area (Å²) in [6.07, 6.45) is 11.3. The van der Waals surface area contributed by atoms with E-state index in [-0.39, 0.29) is 40.5 Å². The summed E-state index contributed by atoms with van der Waals surface area (Å²) >= 11 is 0. The molecule has 1 spiro atoms. The molecule has 5 aliphatic rings. The van der Waals surface area contributed by atoms with Crippen LogP contribution in [0.15, 0.2) is 42.6 Å². The first-order valence-electron chi connectivity index (χ1n) is 18.0. The lowest BCUT2D eigenvalue weighted by molar-refractivity contribution is -0.168. The lowest BCUT2D eigenvalue weighted by atomic mass is 9.80. The van der Waals surface area contributed by atoms with Crippen LogP contribution in [0.3, 0.4) is 0 Å². The van der Waals surface area contributed by atoms with Gasteiger partial charge in [-0.05, 0) is 87.2 Å². The number of ether oxygens (including phenoxy) is 3. The highest BCUT2D eigenvalue weighted by molar-refractivity contribution is 6.00. The Morgan fingerprint density at radius 1 is 1.00 bits per heavy atom. The highest BCUT2D eigenvalue weighted by Crippen LogP contribution is 2.41. The van der Waals surface area contributed by atoms with Crippen LogP contribution in [-0.2, 0) is 20.9 Å². The smallest absolute Gasteiger partial charge is 0.319 e. The maximum atomic E-state index is 17.1. The number of amides is 1. The first kappa shape index (κ1) is 31.1. The van der Waals surface area contributed by atoms with Gasteiger partial charge in [0.25, 0.3) is 0 Å². The van der Waals surface area contributed by atoms with E-state index in [0.29, 0.717) is 49.6 Å². The fourth-order valence-corrected chi connectivity index (χ4v) is 9.08. The Bertz CT molecular complexity index is 1890. The number of piperidine rings is 1. The number of halogens is 1. The molecule has 2 aromatic heterocycles. The lowest BCUT2D eigenvalue weighted by Crippen LogP contribution is -2.68. The van der Waals surface area contributed by atoms with E-state index < -0.39 is 5.82 Å². The zero-order valence-electron chi connectivity index (χ0n) is 27.9. The molecule has 11 heteroatoms. The number of benzene rings is 2. The zero-order valence-corrected chi connectivity index (χ0v) is 27.9. The van der Waals surface area contributed by atoms with Crippen molar-refractivity contribution in [3.05, 3.63) is 54.0 Å². The molecule has 2 atom stereocenters. The molecule has 1 N–H and O–H groups in total. The van der Waals surface area contributed by atoms with Gasteiger partial charge in [-0.3, -0.25) is 14.7 Å². The maximum Gasteiger partial charge on any atom is 0.319 e. The van der Waals surface area contributed by atoms with Crippen molar-refractivity contribution in [1.29, 1.82) is 0 Å². The fraction of sp³-hybridized carbons (Fsp3) is 0.526. The van der Waals surface area contributed by atoms with Crippen LogP contribution in [0.5, 0.6) is 6.01 Å². The van der Waals surface area contributed by atoms with Crippen LogP contribution in [0, 0.1) is 5.82 Å². The number of rotatable bonds is 8. The SMILES string of the molecule is O=C1CC2(CCCN(c3nc(OCC45CCCN4CCC5)nc4c(F)c(-c5cccc6cccc(COC7CCCCO7)c56)ncc34)C2)N1. The first-order valence-corrected chi connectivity index (χ1v) is 18.0. The van der Waals surface area contributed by atoms with Gasteiger partial charge in [0.05, 0.1) is 29.5 Å². The normalized spacial score (nSPS) is 25.1. The van der Waals surface area contributed by atoms with Gasteiger partial charge >= 0.3 is 6.01 Å². The average molecular weight is 667 g/mol. The summed E-state index contributed by atoms with van der Waals surface area (Å²) in [5.41, 5.74) is 1.77. The first-order chi connectivity index (χ1) is 24.0. The molecule has 2 unspecified atom stereocenters. The van der Waals surface area contributed by atoms with Crippen LogP contribution in [0.1, 0.15) is 69.8 Å². The molecule has 5 fully saturated rings. The van der Waals surface area contributed by atoms with E-state index in [1.807, 2.05) is 36.4 Å². The van der Waals surface area contributed by atoms with Gasteiger partial charge in [0.1, 0.15) is 23.6 Å². The van der Waals surface area contributed by atoms with Gasteiger partial charge in [-0.2, -0.15) is 9.97 Å². The Labute approximate surface area is 285 Å². The molecule has 9 rings (SSSR count). The zero-order chi connectivity index (χ0) is 33.0. The number of carbonyl (C=O) groups is 1. The third kappa shape index (κ3) is 5.60. The second-order valence-electron chi connectivity index (χ2n) is 14.7. The number of fused-ring (bicyclic) bond motifs is 3. The summed E-state index contributed by atoms with van der Waals surface area (Å²) in [4.78, 5) is 31.2. The predicted molar refractivity (Wildman–Crippen MR) is 184 cm³/mol. The van der Waals surface area contributed by atoms with E-state index >= 15 is 4.39 Å². The van der Waals surface area contributed by atoms with Crippen molar-refractivity contribution in [2.24, 2.45) is 0 Å². The topological polar surface area (TPSA) is 102 Å². The van der Waals surface area contributed by atoms with Crippen molar-refractivity contribution in [2.45, 2.75) is 88.2 Å². The van der Waals surface area contributed by atoms with Crippen LogP contribution in [-0.4, -0.2) is 82.5 Å². The van der Waals surface area contributed by atoms with Crippen LogP contribution < -0.4 is 15.0 Å². The van der Waals surface area contributed by atoms with Crippen LogP contribution in [0.4, 0.5) is 10.2 Å². The van der Waals surface area contributed by atoms with E-state index in [1.54, 1.807) is 6.20 Å². The number of nitrogens with zero attached hydrogens (tertiary/aromatic N) is 5. The van der Waals surface area contributed by atoms with Gasteiger partial charge in [0, 0.05) is 31.5 Å². The molecule has 2 aromatic carbocycles. The minimum Gasteiger partial charge on any atom is -0.461 e. The highest BCUT2D eigenvalue weighted by atomic mass is 19.1. The number of hydrogen-bond acceptors (Lipinski definition) is 9. The number of aromatic nitrogens is 3. The van der Waals surface area contributed by atoms with Crippen molar-refractivity contribution in [2.75, 3.05) is 44.3 Å². The van der Waals surface area contributed by atoms with Crippen LogP contribution in [0.2, 0.25) is 0 Å². The molecule has 0 saturated carbocycles. The third-order valence-electron chi connectivity index (χ3n) is 11.5. The predicted octanol–water partition coefficient (Wildman–Crippen LogP) is 5.89. The molecule has 0 radical (unpaired) electrons. The maximum absolute atomic E-state index is 17.1. The molecule has 10 nitrogen and oxygen atoms in total. The monoisotopic (exact) mass is 666 g/mol. The van der Waals surface area contributed by atoms with Crippen molar-refractivity contribution in [1.82, 2.24) is 25.2 Å². The molecule has 4 aromatic rings. The Hall–Kier alpha value is -3.93. The molecule has 256 valence electrons. The number of carbonyl (C=O) groups excluding carboxylic acids is 1. The second kappa shape index (κ2) is 12.4. The number of nitrogens with one attached hydrogen (secondary N) is 1. The molecule has 0 bridgehead atoms. The van der Waals surface area contributed by atoms with Gasteiger partial charge in [-0.15, -0.1) is 0 Å². The summed E-state index contributed by atoms with van der Waals surface area (Å²) in [5.74, 6) is 0.165. The Morgan fingerprint density at radius 3 is 2.61 bits per heavy atom. The minimum atomic E-state index is -0.505. The lowest BCUT2D eigenvalue weighted by Gasteiger charge is -2.49. The van der Waals surface area contributed by atoms with E-state index in [2.05, 4.69) is 15.1 Å². The van der Waals surface area contributed by atoms with Gasteiger partial charge in [-0.25, -0.2) is 4.39 Å². The third-order valence-corrected chi connectivity index (χ3v) is 11.5. The Morgan fingerprint density at radius 2 is 1.82 bits per heavy atom. The average Bonchev–Trinajstić information content (AvgIpc) is 3.70. The van der Waals surface area contributed by atoms with Gasteiger partial charge < -0.3 is 24.4 Å². The van der Waals surface area contributed by atoms with Crippen molar-refractivity contribution in [3.63, 3.8) is 0 Å². The summed E-state index contributed by atoms with van der Waals surface area (Å²) in [5, 5.41) is 5.55. The number of hydrogen-bond donors (Lipinski definition) is 1. The largest absolute Gasteiger partial charge is 0.461 e. The molecule has 0 aliphatic carbocycles. The van der Waals surface area contributed by atoms with Crippen molar-refractivity contribution >= 4 is 33.4 Å². The van der Waals surface area contributed by atoms with E-state index in [9.17, 15) is 4.79 Å². The minimum absolute atomic E-state index is 0.00405. The summed E-state index contributed by atoms with van der Waals surface area (Å²) in [6.45, 7) is 5.05. The van der Waals surface area contributed by atoms with E-state index in [4.69, 9.17) is 29.2 Å². The molecule has 5 aliphatic heterocycles. The van der Waals surface area contributed by atoms with Crippen molar-refractivity contribution in [3.8, 4) is 17.3 Å². The van der Waals surface area contributed by atoms with Gasteiger partial charge in [0.15, 0.2) is 12.1 Å². The Balaban J connectivity index is 1.12. The second-order valence-corrected chi connectivity index (χ2v) is 14.7. The molecule has 1 amide bonds. The number of anilines is 1. The highest BCUT2D eigenvalue weighted by Gasteiger charge is 2.47. The summed E-state index contributed by atoms with van der Waals surface area (Å²) in [6, 6.07) is 12.1. The van der Waals surface area contributed by atoms with Crippen LogP contribution in [0.25, 0.3) is 32.9 Å². The quantitative estimate of drug-likeness (QED) is 0.231. The fourth-order valence-electron chi connectivity index (χ4n) is 9.08. The van der Waals surface area contributed by atoms with Crippen LogP contribution >= 0.6 is 0 Å². The molecule has 49 heavy (non-hydrogen) atoms. The van der Waals surface area contributed by atoms with E-state index in [1.165, 1.54) is 0 Å². The van der Waals surface area contributed by atoms with Gasteiger partial charge in [0.2, 0.25) is 5.91 Å². The summed E-state index contributed by atoms with van der Waals surface area (Å²) < 4.78 is 35.6. The Kier molecular flexibility index (Phi) is 7.89. The molecular formula is C38H43FN6O4. The number of pyridine rings is 1. The number of β-lactam (4-membered cyclic amide) rings is 1. The molecule has 7 heterocycles. The molecular weight excluding hydrogens is 623 g/mol. The summed E-state index contributed by atoms with van der Waals surface area (Å²) in [7, 11) is 0. The molecule has 5 saturated heterocycles.